The molecule has 1 rings (SSSR count). The van der Waals surface area contributed by atoms with Crippen LogP contribution >= 0.6 is 0 Å². The Bertz CT molecular complexity index is 679. The minimum Gasteiger partial charge on any atom is -0.493 e. The van der Waals surface area contributed by atoms with Gasteiger partial charge >= 0.3 is 0 Å². The molecule has 1 radical (unpaired) electrons. The Hall–Kier alpha value is -3.14. The molecule has 0 aliphatic carbocycles. The Balaban J connectivity index is 2.17. The van der Waals surface area contributed by atoms with Gasteiger partial charge in [0.05, 0.1) is 44.0 Å². The number of amides is 2. The van der Waals surface area contributed by atoms with Crippen LogP contribution in [0.2, 0.25) is 0 Å². The number of benzene rings is 1. The summed E-state index contributed by atoms with van der Waals surface area (Å²) in [5, 5.41) is 16.1. The molecule has 0 fully saturated rings. The molecule has 0 unspecified atom stereocenters. The van der Waals surface area contributed by atoms with Crippen molar-refractivity contribution in [3.8, 4) is 11.5 Å². The number of carbonyl (C=O) groups excluding carboxylic acids is 2. The van der Waals surface area contributed by atoms with E-state index in [2.05, 4.69) is 23.3 Å². The zero-order valence-corrected chi connectivity index (χ0v) is 15.7. The molecule has 0 aliphatic rings. The first kappa shape index (κ1) is 22.9. The standard InChI is InChI=1S/C18H24N3O7/c1-3-17(22)19-8-11-27-12-9-20-18(23)5-4-10-28-16-13-14(21(24)25)6-7-15(16)26-2/h3,7,13H,1,4-5,8-12H2,2H3,(H,19,22)(H,20,23). The molecule has 0 bridgehead atoms. The number of nitro benzene ring substituents is 1. The summed E-state index contributed by atoms with van der Waals surface area (Å²) in [6, 6.07) is 5.05. The third-order valence-electron chi connectivity index (χ3n) is 3.38. The molecule has 0 heterocycles. The Morgan fingerprint density at radius 1 is 1.25 bits per heavy atom. The van der Waals surface area contributed by atoms with Gasteiger partial charge in [-0.15, -0.1) is 0 Å². The van der Waals surface area contributed by atoms with Crippen LogP contribution in [0.5, 0.6) is 11.5 Å². The number of methoxy groups -OCH3 is 1. The highest BCUT2D eigenvalue weighted by molar-refractivity contribution is 5.86. The molecule has 1 aromatic rings. The number of ether oxygens (including phenoxy) is 3. The third-order valence-corrected chi connectivity index (χ3v) is 3.38. The molecule has 10 heteroatoms. The minimum absolute atomic E-state index is 0.161. The Kier molecular flexibility index (Phi) is 10.7. The van der Waals surface area contributed by atoms with Gasteiger partial charge in [-0.1, -0.05) is 6.58 Å². The van der Waals surface area contributed by atoms with Crippen LogP contribution in [0.15, 0.2) is 24.8 Å². The number of nitro groups is 1. The van der Waals surface area contributed by atoms with Gasteiger partial charge in [0, 0.05) is 19.5 Å². The lowest BCUT2D eigenvalue weighted by molar-refractivity contribution is -0.385. The van der Waals surface area contributed by atoms with E-state index in [1.807, 2.05) is 0 Å². The highest BCUT2D eigenvalue weighted by Crippen LogP contribution is 2.30. The monoisotopic (exact) mass is 394 g/mol. The molecule has 153 valence electrons. The third kappa shape index (κ3) is 8.99. The number of hydrogen-bond acceptors (Lipinski definition) is 7. The molecular weight excluding hydrogens is 370 g/mol. The van der Waals surface area contributed by atoms with Crippen LogP contribution < -0.4 is 20.1 Å². The molecule has 10 nitrogen and oxygen atoms in total. The van der Waals surface area contributed by atoms with Crippen LogP contribution in [0.3, 0.4) is 0 Å². The maximum atomic E-state index is 11.7. The van der Waals surface area contributed by atoms with Gasteiger partial charge in [-0.2, -0.15) is 0 Å². The van der Waals surface area contributed by atoms with E-state index in [4.69, 9.17) is 14.2 Å². The topological polar surface area (TPSA) is 129 Å². The molecule has 0 spiro atoms. The second kappa shape index (κ2) is 13.1. The molecule has 2 amide bonds. The second-order valence-electron chi connectivity index (χ2n) is 5.42. The van der Waals surface area contributed by atoms with Crippen molar-refractivity contribution in [1.82, 2.24) is 10.6 Å². The molecule has 0 aliphatic heterocycles. The van der Waals surface area contributed by atoms with E-state index in [0.717, 1.165) is 0 Å². The Morgan fingerprint density at radius 2 is 1.96 bits per heavy atom. The first-order valence-electron chi connectivity index (χ1n) is 8.59. The number of carbonyl (C=O) groups is 2. The predicted molar refractivity (Wildman–Crippen MR) is 100 cm³/mol. The second-order valence-corrected chi connectivity index (χ2v) is 5.42. The van der Waals surface area contributed by atoms with Crippen molar-refractivity contribution >= 4 is 17.5 Å². The largest absolute Gasteiger partial charge is 0.493 e. The van der Waals surface area contributed by atoms with E-state index < -0.39 is 4.92 Å². The smallest absolute Gasteiger partial charge is 0.281 e. The maximum absolute atomic E-state index is 11.7. The van der Waals surface area contributed by atoms with E-state index in [0.29, 0.717) is 38.5 Å². The number of hydrogen-bond donors (Lipinski definition) is 2. The van der Waals surface area contributed by atoms with Crippen LogP contribution in [-0.2, 0) is 14.3 Å². The molecule has 2 N–H and O–H groups in total. The lowest BCUT2D eigenvalue weighted by atomic mass is 10.2. The van der Waals surface area contributed by atoms with Gasteiger partial charge in [0.25, 0.3) is 5.69 Å². The molecule has 0 atom stereocenters. The van der Waals surface area contributed by atoms with Gasteiger partial charge in [-0.3, -0.25) is 19.7 Å². The number of nitrogens with zero attached hydrogens (tertiary/aromatic N) is 1. The van der Waals surface area contributed by atoms with Crippen LogP contribution in [0.4, 0.5) is 5.69 Å². The predicted octanol–water partition coefficient (Wildman–Crippen LogP) is 0.998. The molecule has 1 aromatic carbocycles. The van der Waals surface area contributed by atoms with Crippen molar-refractivity contribution in [2.75, 3.05) is 40.0 Å². The van der Waals surface area contributed by atoms with Crippen LogP contribution in [0.1, 0.15) is 12.8 Å². The molecular formula is C18H24N3O7. The average molecular weight is 394 g/mol. The Labute approximate surface area is 163 Å². The number of nitrogens with one attached hydrogen (secondary N) is 2. The minimum atomic E-state index is -0.574. The molecule has 28 heavy (non-hydrogen) atoms. The molecule has 0 aromatic heterocycles. The lowest BCUT2D eigenvalue weighted by Crippen LogP contribution is -2.29. The summed E-state index contributed by atoms with van der Waals surface area (Å²) < 4.78 is 15.8. The van der Waals surface area contributed by atoms with Gasteiger partial charge < -0.3 is 24.8 Å². The van der Waals surface area contributed by atoms with Crippen molar-refractivity contribution in [2.45, 2.75) is 12.8 Å². The van der Waals surface area contributed by atoms with Gasteiger partial charge in [0.15, 0.2) is 11.5 Å². The van der Waals surface area contributed by atoms with E-state index in [-0.39, 0.29) is 36.3 Å². The number of non-ortho nitro benzene ring substituents is 1. The summed E-state index contributed by atoms with van der Waals surface area (Å²) in [5.41, 5.74) is -0.224. The van der Waals surface area contributed by atoms with E-state index in [1.165, 1.54) is 25.3 Å². The van der Waals surface area contributed by atoms with E-state index >= 15 is 0 Å². The normalized spacial score (nSPS) is 10.0. The highest BCUT2D eigenvalue weighted by Gasteiger charge is 2.13. The Morgan fingerprint density at radius 3 is 2.61 bits per heavy atom. The van der Waals surface area contributed by atoms with Crippen molar-refractivity contribution in [3.05, 3.63) is 41.0 Å². The van der Waals surface area contributed by atoms with Gasteiger partial charge in [-0.05, 0) is 18.6 Å². The molecule has 0 saturated heterocycles. The van der Waals surface area contributed by atoms with Gasteiger partial charge in [-0.25, -0.2) is 0 Å². The summed E-state index contributed by atoms with van der Waals surface area (Å²) >= 11 is 0. The van der Waals surface area contributed by atoms with Crippen LogP contribution in [0, 0.1) is 16.2 Å². The first-order chi connectivity index (χ1) is 13.5. The van der Waals surface area contributed by atoms with Gasteiger partial charge in [0.1, 0.15) is 0 Å². The van der Waals surface area contributed by atoms with Crippen molar-refractivity contribution in [2.24, 2.45) is 0 Å². The zero-order valence-electron chi connectivity index (χ0n) is 15.7. The van der Waals surface area contributed by atoms with E-state index in [9.17, 15) is 19.7 Å². The quantitative estimate of drug-likeness (QED) is 0.208. The van der Waals surface area contributed by atoms with Crippen LogP contribution in [-0.4, -0.2) is 56.8 Å². The highest BCUT2D eigenvalue weighted by atomic mass is 16.6. The fourth-order valence-corrected chi connectivity index (χ4v) is 2.01. The number of rotatable bonds is 14. The van der Waals surface area contributed by atoms with Gasteiger partial charge in [0.2, 0.25) is 11.8 Å². The summed E-state index contributed by atoms with van der Waals surface area (Å²) in [6.07, 6.45) is 1.84. The zero-order chi connectivity index (χ0) is 20.8. The van der Waals surface area contributed by atoms with Crippen LogP contribution in [0.25, 0.3) is 0 Å². The summed E-state index contributed by atoms with van der Waals surface area (Å²) in [4.78, 5) is 32.8. The molecule has 0 saturated carbocycles. The summed E-state index contributed by atoms with van der Waals surface area (Å²) in [5.74, 6) is 0.133. The summed E-state index contributed by atoms with van der Waals surface area (Å²) in [7, 11) is 1.42. The summed E-state index contributed by atoms with van der Waals surface area (Å²) in [6.45, 7) is 4.92. The van der Waals surface area contributed by atoms with Crippen molar-refractivity contribution < 1.29 is 28.7 Å². The first-order valence-corrected chi connectivity index (χ1v) is 8.59. The van der Waals surface area contributed by atoms with Crippen molar-refractivity contribution in [3.63, 3.8) is 0 Å². The SMILES string of the molecule is C=CC(=O)NCCOCCNC(=O)CCCOc1cc([N+](=O)[O-])[c]cc1OC. The van der Waals surface area contributed by atoms with E-state index in [1.54, 1.807) is 0 Å². The fraction of sp³-hybridized carbons (Fsp3) is 0.444. The maximum Gasteiger partial charge on any atom is 0.281 e. The van der Waals surface area contributed by atoms with Crippen molar-refractivity contribution in [1.29, 1.82) is 0 Å². The average Bonchev–Trinajstić information content (AvgIpc) is 2.69. The fourth-order valence-electron chi connectivity index (χ4n) is 2.01. The lowest BCUT2D eigenvalue weighted by Gasteiger charge is -2.10.